The third-order valence-corrected chi connectivity index (χ3v) is 12.6. The highest BCUT2D eigenvalue weighted by Crippen LogP contribution is 2.58. The van der Waals surface area contributed by atoms with Crippen molar-refractivity contribution in [3.05, 3.63) is 60.7 Å². The summed E-state index contributed by atoms with van der Waals surface area (Å²) < 4.78 is 34.3. The summed E-state index contributed by atoms with van der Waals surface area (Å²) in [7, 11) is 2.94. The molecule has 2 aromatic rings. The topological polar surface area (TPSA) is 177 Å². The number of unbranched alkanes of at least 4 members (excludes halogenated alkanes) is 2. The van der Waals surface area contributed by atoms with Crippen LogP contribution in [0.2, 0.25) is 0 Å². The van der Waals surface area contributed by atoms with E-state index in [9.17, 15) is 29.4 Å². The zero-order valence-electron chi connectivity index (χ0n) is 33.6. The number of nitrogens with zero attached hydrogens (tertiary/aromatic N) is 4. The van der Waals surface area contributed by atoms with Crippen LogP contribution in [0.5, 0.6) is 23.0 Å². The number of hydrogen-bond acceptors (Lipinski definition) is 12. The quantitative estimate of drug-likeness (QED) is 0.188. The van der Waals surface area contributed by atoms with Crippen LogP contribution in [0.25, 0.3) is 0 Å². The van der Waals surface area contributed by atoms with Gasteiger partial charge in [0.1, 0.15) is 13.2 Å². The van der Waals surface area contributed by atoms with Crippen molar-refractivity contribution in [1.82, 2.24) is 9.80 Å². The van der Waals surface area contributed by atoms with Crippen molar-refractivity contribution in [2.24, 2.45) is 10.8 Å². The van der Waals surface area contributed by atoms with E-state index in [-0.39, 0.29) is 71.6 Å². The summed E-state index contributed by atoms with van der Waals surface area (Å²) in [5.41, 5.74) is 0.702. The molecule has 4 heterocycles. The van der Waals surface area contributed by atoms with Crippen molar-refractivity contribution in [3.63, 3.8) is 0 Å². The molecule has 0 radical (unpaired) electrons. The number of carbonyl (C=O) groups excluding carboxylic acids is 4. The molecular formula is C43H52N4O12. The Labute approximate surface area is 342 Å². The highest BCUT2D eigenvalue weighted by molar-refractivity contribution is 6.07. The fourth-order valence-corrected chi connectivity index (χ4v) is 9.13. The van der Waals surface area contributed by atoms with Gasteiger partial charge in [0.15, 0.2) is 35.5 Å². The van der Waals surface area contributed by atoms with Crippen LogP contribution in [0, 0.1) is 10.8 Å². The molecule has 4 amide bonds. The predicted octanol–water partition coefficient (Wildman–Crippen LogP) is 5.24. The first-order valence-corrected chi connectivity index (χ1v) is 20.3. The van der Waals surface area contributed by atoms with Crippen molar-refractivity contribution in [3.8, 4) is 23.0 Å². The summed E-state index contributed by atoms with van der Waals surface area (Å²) in [5, 5.41) is 23.2. The number of rotatable bonds is 14. The summed E-state index contributed by atoms with van der Waals surface area (Å²) >= 11 is 0. The number of hydrogen-bond donors (Lipinski definition) is 2. The van der Waals surface area contributed by atoms with Gasteiger partial charge in [-0.1, -0.05) is 25.3 Å². The number of carbonyl (C=O) groups is 4. The van der Waals surface area contributed by atoms with E-state index >= 15 is 0 Å². The lowest BCUT2D eigenvalue weighted by Gasteiger charge is -2.31. The Kier molecular flexibility index (Phi) is 10.9. The summed E-state index contributed by atoms with van der Waals surface area (Å²) in [6.07, 6.45) is 5.53. The van der Waals surface area contributed by atoms with Crippen molar-refractivity contribution >= 4 is 35.4 Å². The number of amides is 4. The Morgan fingerprint density at radius 3 is 1.44 bits per heavy atom. The number of benzene rings is 2. The Bertz CT molecular complexity index is 1890. The van der Waals surface area contributed by atoms with Crippen molar-refractivity contribution in [2.75, 3.05) is 63.5 Å². The Hall–Kier alpha value is -5.48. The fourth-order valence-electron chi connectivity index (χ4n) is 9.13. The van der Waals surface area contributed by atoms with Gasteiger partial charge in [-0.25, -0.2) is 19.4 Å². The van der Waals surface area contributed by atoms with Gasteiger partial charge in [0.05, 0.1) is 62.0 Å². The average molecular weight is 817 g/mol. The molecule has 4 fully saturated rings. The van der Waals surface area contributed by atoms with E-state index in [1.807, 2.05) is 0 Å². The van der Waals surface area contributed by atoms with E-state index < -0.39 is 36.7 Å². The van der Waals surface area contributed by atoms with Gasteiger partial charge >= 0.3 is 12.2 Å². The smallest absolute Gasteiger partial charge is 0.416 e. The SMILES string of the molecule is C=CCOC(=O)N1c2cc(OCCCCCOc3cc4c(cc3OC)C(=O)N3CC5(CC5)C[C@H]3C(O)N4C(=O)OCC=C)c(OC)cc2C(=O)N2CC3(CC3)C[C@H]2C1O. The standard InChI is InChI=1S/C43H52N4O12/c1-5-14-58-40(52)46-28-20-34(32(54-3)18-26(28)36(48)44-24-42(10-11-42)22-30(44)38(46)50)56-16-8-7-9-17-57-35-21-29-27(19-33(35)55-4)37(49)45-25-43(12-13-43)23-31(45)39(51)47(29)41(53)59-15-6-2/h5-6,18-21,30-31,38-39,50-51H,1-2,7-17,22-25H2,3-4H3/t30-,31-,38?,39?/m0/s1. The second-order valence-corrected chi connectivity index (χ2v) is 16.5. The molecule has 4 atom stereocenters. The lowest BCUT2D eigenvalue weighted by molar-refractivity contribution is 0.0495. The molecule has 2 aromatic carbocycles. The van der Waals surface area contributed by atoms with Gasteiger partial charge in [0.2, 0.25) is 0 Å². The predicted molar refractivity (Wildman–Crippen MR) is 213 cm³/mol. The minimum Gasteiger partial charge on any atom is -0.493 e. The molecule has 4 aliphatic heterocycles. The lowest BCUT2D eigenvalue weighted by Crippen LogP contribution is -2.50. The van der Waals surface area contributed by atoms with Gasteiger partial charge in [0.25, 0.3) is 11.8 Å². The van der Waals surface area contributed by atoms with Crippen molar-refractivity contribution in [1.29, 1.82) is 0 Å². The molecule has 316 valence electrons. The summed E-state index contributed by atoms with van der Waals surface area (Å²) in [6.45, 7) is 8.62. The summed E-state index contributed by atoms with van der Waals surface area (Å²) in [6, 6.07) is 5.01. The molecule has 2 spiro atoms. The largest absolute Gasteiger partial charge is 0.493 e. The third-order valence-electron chi connectivity index (χ3n) is 12.6. The van der Waals surface area contributed by atoms with Crippen LogP contribution in [0.4, 0.5) is 21.0 Å². The van der Waals surface area contributed by atoms with E-state index in [4.69, 9.17) is 28.4 Å². The van der Waals surface area contributed by atoms with E-state index in [0.717, 1.165) is 35.5 Å². The Morgan fingerprint density at radius 1 is 0.678 bits per heavy atom. The maximum Gasteiger partial charge on any atom is 0.416 e. The monoisotopic (exact) mass is 816 g/mol. The molecule has 2 saturated carbocycles. The van der Waals surface area contributed by atoms with Gasteiger partial charge in [-0.2, -0.15) is 0 Å². The second kappa shape index (κ2) is 15.9. The molecule has 0 aromatic heterocycles. The highest BCUT2D eigenvalue weighted by atomic mass is 16.6. The first-order chi connectivity index (χ1) is 28.5. The van der Waals surface area contributed by atoms with Gasteiger partial charge in [-0.05, 0) is 80.8 Å². The minimum atomic E-state index is -1.33. The zero-order valence-corrected chi connectivity index (χ0v) is 33.6. The van der Waals surface area contributed by atoms with E-state index in [1.165, 1.54) is 26.4 Å². The normalized spacial score (nSPS) is 24.0. The zero-order chi connectivity index (χ0) is 41.6. The van der Waals surface area contributed by atoms with Gasteiger partial charge in [0, 0.05) is 25.2 Å². The molecular weight excluding hydrogens is 764 g/mol. The third kappa shape index (κ3) is 7.41. The van der Waals surface area contributed by atoms with Crippen LogP contribution in [-0.4, -0.2) is 122 Å². The van der Waals surface area contributed by atoms with E-state index in [0.29, 0.717) is 68.2 Å². The average Bonchev–Trinajstić information content (AvgIpc) is 4.11. The highest BCUT2D eigenvalue weighted by Gasteiger charge is 2.59. The number of aliphatic hydroxyl groups is 2. The minimum absolute atomic E-state index is 0.0245. The molecule has 2 N–H and O–H groups in total. The molecule has 2 unspecified atom stereocenters. The number of aliphatic hydroxyl groups excluding tert-OH is 2. The first-order valence-electron chi connectivity index (χ1n) is 20.3. The Balaban J connectivity index is 0.936. The van der Waals surface area contributed by atoms with Crippen molar-refractivity contribution in [2.45, 2.75) is 82.3 Å². The molecule has 6 aliphatic rings. The Morgan fingerprint density at radius 2 is 1.08 bits per heavy atom. The van der Waals surface area contributed by atoms with Crippen molar-refractivity contribution < 1.29 is 57.8 Å². The van der Waals surface area contributed by atoms with E-state index in [2.05, 4.69) is 13.2 Å². The molecule has 16 nitrogen and oxygen atoms in total. The maximum absolute atomic E-state index is 14.0. The van der Waals surface area contributed by atoms with Gasteiger partial charge in [-0.15, -0.1) is 0 Å². The molecule has 16 heteroatoms. The number of anilines is 2. The van der Waals surface area contributed by atoms with Crippen LogP contribution in [0.15, 0.2) is 49.6 Å². The van der Waals surface area contributed by atoms with Crippen LogP contribution in [0.3, 0.4) is 0 Å². The molecule has 2 saturated heterocycles. The van der Waals surface area contributed by atoms with Crippen LogP contribution < -0.4 is 28.7 Å². The van der Waals surface area contributed by atoms with E-state index in [1.54, 1.807) is 34.1 Å². The number of methoxy groups -OCH3 is 2. The van der Waals surface area contributed by atoms with Crippen LogP contribution in [0.1, 0.15) is 78.5 Å². The molecule has 59 heavy (non-hydrogen) atoms. The molecule has 0 bridgehead atoms. The lowest BCUT2D eigenvalue weighted by atomic mass is 10.0. The maximum atomic E-state index is 14.0. The van der Waals surface area contributed by atoms with Crippen LogP contribution >= 0.6 is 0 Å². The van der Waals surface area contributed by atoms with Crippen LogP contribution in [-0.2, 0) is 9.47 Å². The van der Waals surface area contributed by atoms with Gasteiger partial charge in [-0.3, -0.25) is 9.59 Å². The summed E-state index contributed by atoms with van der Waals surface area (Å²) in [5.74, 6) is 0.611. The molecule has 2 aliphatic carbocycles. The first kappa shape index (κ1) is 40.3. The molecule has 8 rings (SSSR count). The second-order valence-electron chi connectivity index (χ2n) is 16.5. The van der Waals surface area contributed by atoms with Gasteiger partial charge < -0.3 is 48.4 Å². The number of ether oxygens (including phenoxy) is 6. The summed E-state index contributed by atoms with van der Waals surface area (Å²) in [4.78, 5) is 60.3. The number of fused-ring (bicyclic) bond motifs is 4. The fraction of sp³-hybridized carbons (Fsp3) is 0.535.